The summed E-state index contributed by atoms with van der Waals surface area (Å²) in [5.41, 5.74) is 6.06. The predicted molar refractivity (Wildman–Crippen MR) is 106 cm³/mol. The molecular weight excluding hydrogens is 384 g/mol. The lowest BCUT2D eigenvalue weighted by Crippen LogP contribution is -2.28. The number of aromatic amines is 1. The highest BCUT2D eigenvalue weighted by Gasteiger charge is 2.24. The predicted octanol–water partition coefficient (Wildman–Crippen LogP) is 1.86. The lowest BCUT2D eigenvalue weighted by atomic mass is 10.2. The number of pyridine rings is 2. The van der Waals surface area contributed by atoms with Gasteiger partial charge in [-0.15, -0.1) is 0 Å². The van der Waals surface area contributed by atoms with Gasteiger partial charge in [-0.3, -0.25) is 9.78 Å². The number of anilines is 1. The molecule has 1 amide bonds. The number of ether oxygens (including phenoxy) is 1. The number of hydrogen-bond acceptors (Lipinski definition) is 6. The van der Waals surface area contributed by atoms with Crippen molar-refractivity contribution in [3.8, 4) is 11.6 Å². The molecule has 28 heavy (non-hydrogen) atoms. The fraction of sp³-hybridized carbons (Fsp3) is 0.333. The summed E-state index contributed by atoms with van der Waals surface area (Å²) in [6.07, 6.45) is 3.06. The zero-order chi connectivity index (χ0) is 20.0. The minimum Gasteiger partial charge on any atom is -0.488 e. The van der Waals surface area contributed by atoms with Gasteiger partial charge in [-0.2, -0.15) is 0 Å². The van der Waals surface area contributed by atoms with Crippen LogP contribution in [0.2, 0.25) is 5.02 Å². The second-order valence-electron chi connectivity index (χ2n) is 6.79. The summed E-state index contributed by atoms with van der Waals surface area (Å²) in [7, 11) is 1.81. The van der Waals surface area contributed by atoms with E-state index in [4.69, 9.17) is 22.1 Å². The number of nitrogens with one attached hydrogen (secondary N) is 1. The normalized spacial score (nSPS) is 17.0. The molecule has 0 saturated heterocycles. The van der Waals surface area contributed by atoms with Gasteiger partial charge in [-0.25, -0.2) is 19.3 Å². The molecule has 4 heterocycles. The maximum atomic E-state index is 12.7. The molecule has 0 aromatic carbocycles. The van der Waals surface area contributed by atoms with Gasteiger partial charge in [0, 0.05) is 25.9 Å². The summed E-state index contributed by atoms with van der Waals surface area (Å²) >= 11 is 6.41. The topological polar surface area (TPSA) is 119 Å². The van der Waals surface area contributed by atoms with Crippen molar-refractivity contribution >= 4 is 34.5 Å². The van der Waals surface area contributed by atoms with Gasteiger partial charge in [0.25, 0.3) is 5.91 Å². The molecule has 0 fully saturated rings. The lowest BCUT2D eigenvalue weighted by molar-refractivity contribution is 0.100. The van der Waals surface area contributed by atoms with Gasteiger partial charge in [0.1, 0.15) is 17.1 Å². The molecule has 2 bridgehead atoms. The number of halogens is 1. The van der Waals surface area contributed by atoms with Gasteiger partial charge in [0.05, 0.1) is 16.7 Å². The van der Waals surface area contributed by atoms with Crippen molar-refractivity contribution in [3.63, 3.8) is 0 Å². The highest BCUT2D eigenvalue weighted by Crippen LogP contribution is 2.31. The van der Waals surface area contributed by atoms with Crippen molar-refractivity contribution in [2.24, 2.45) is 5.73 Å². The second-order valence-corrected chi connectivity index (χ2v) is 7.20. The number of amides is 1. The minimum atomic E-state index is -0.639. The van der Waals surface area contributed by atoms with E-state index < -0.39 is 11.6 Å². The maximum absolute atomic E-state index is 12.7. The third-order valence-electron chi connectivity index (χ3n) is 4.75. The Labute approximate surface area is 165 Å². The summed E-state index contributed by atoms with van der Waals surface area (Å²) in [4.78, 5) is 37.9. The van der Waals surface area contributed by atoms with Crippen molar-refractivity contribution in [2.75, 3.05) is 18.5 Å². The van der Waals surface area contributed by atoms with E-state index in [1.807, 2.05) is 18.9 Å². The quantitative estimate of drug-likeness (QED) is 0.641. The number of imidazole rings is 1. The number of nitrogens with zero attached hydrogens (tertiary/aromatic N) is 4. The summed E-state index contributed by atoms with van der Waals surface area (Å²) < 4.78 is 7.40. The van der Waals surface area contributed by atoms with Gasteiger partial charge in [0.2, 0.25) is 0 Å². The Hall–Kier alpha value is -3.07. The molecule has 3 aromatic heterocycles. The number of primary amides is 1. The summed E-state index contributed by atoms with van der Waals surface area (Å²) in [5.74, 6) is 0.409. The molecule has 3 N–H and O–H groups in total. The first-order valence-electron chi connectivity index (χ1n) is 8.85. The SMILES string of the molecule is CC1CCCN(C)c2nc(c(Cl)cc2C(N)=O)-n2c(=O)[nH]c3nccc(c32)O1. The molecule has 1 atom stereocenters. The standard InChI is InChI=1S/C18H19ClN6O3/c1-9-4-3-7-24(2)16-10(14(20)26)8-11(19)17(23-16)25-13-12(28-9)5-6-21-15(13)22-18(25)27/h5-6,8-9H,3-4,7H2,1-2H3,(H2,20,26)(H,21,22,27). The van der Waals surface area contributed by atoms with Crippen LogP contribution in [0.15, 0.2) is 23.1 Å². The molecular formula is C18H19ClN6O3. The highest BCUT2D eigenvalue weighted by molar-refractivity contribution is 6.32. The molecule has 10 heteroatoms. The Balaban J connectivity index is 2.08. The van der Waals surface area contributed by atoms with E-state index >= 15 is 0 Å². The van der Waals surface area contributed by atoms with Gasteiger partial charge in [-0.1, -0.05) is 11.6 Å². The zero-order valence-corrected chi connectivity index (χ0v) is 16.2. The Morgan fingerprint density at radius 3 is 2.96 bits per heavy atom. The van der Waals surface area contributed by atoms with Gasteiger partial charge in [0.15, 0.2) is 11.5 Å². The monoisotopic (exact) mass is 402 g/mol. The molecule has 146 valence electrons. The molecule has 0 radical (unpaired) electrons. The number of carbonyl (C=O) groups excluding carboxylic acids is 1. The molecule has 0 spiro atoms. The van der Waals surface area contributed by atoms with E-state index in [2.05, 4.69) is 15.0 Å². The van der Waals surface area contributed by atoms with Crippen LogP contribution in [-0.4, -0.2) is 45.1 Å². The summed E-state index contributed by atoms with van der Waals surface area (Å²) in [5, 5.41) is 0.119. The fourth-order valence-corrected chi connectivity index (χ4v) is 3.63. The van der Waals surface area contributed by atoms with Gasteiger partial charge >= 0.3 is 5.69 Å². The van der Waals surface area contributed by atoms with E-state index in [-0.39, 0.29) is 22.5 Å². The van der Waals surface area contributed by atoms with Crippen molar-refractivity contribution in [1.29, 1.82) is 0 Å². The van der Waals surface area contributed by atoms with E-state index in [1.165, 1.54) is 10.6 Å². The van der Waals surface area contributed by atoms with Crippen molar-refractivity contribution in [1.82, 2.24) is 19.5 Å². The molecule has 3 aromatic rings. The number of fused-ring (bicyclic) bond motifs is 3. The molecule has 1 aliphatic rings. The lowest BCUT2D eigenvalue weighted by Gasteiger charge is -2.24. The third kappa shape index (κ3) is 2.97. The first-order valence-corrected chi connectivity index (χ1v) is 9.23. The Morgan fingerprint density at radius 2 is 2.21 bits per heavy atom. The van der Waals surface area contributed by atoms with Crippen molar-refractivity contribution in [3.05, 3.63) is 39.4 Å². The van der Waals surface area contributed by atoms with Crippen LogP contribution in [0.4, 0.5) is 5.82 Å². The van der Waals surface area contributed by atoms with Gasteiger partial charge < -0.3 is 15.4 Å². The van der Waals surface area contributed by atoms with Gasteiger partial charge in [-0.05, 0) is 25.8 Å². The first-order chi connectivity index (χ1) is 13.4. The van der Waals surface area contributed by atoms with Crippen LogP contribution in [0.5, 0.6) is 5.75 Å². The molecule has 1 unspecified atom stereocenters. The molecule has 4 rings (SSSR count). The Morgan fingerprint density at radius 1 is 1.43 bits per heavy atom. The van der Waals surface area contributed by atoms with Crippen LogP contribution in [0.3, 0.4) is 0 Å². The number of aromatic nitrogens is 4. The van der Waals surface area contributed by atoms with E-state index in [9.17, 15) is 9.59 Å². The highest BCUT2D eigenvalue weighted by atomic mass is 35.5. The first kappa shape index (κ1) is 18.3. The van der Waals surface area contributed by atoms with E-state index in [0.717, 1.165) is 12.8 Å². The van der Waals surface area contributed by atoms with Crippen molar-refractivity contribution < 1.29 is 9.53 Å². The molecule has 0 aliphatic carbocycles. The average molecular weight is 403 g/mol. The zero-order valence-electron chi connectivity index (χ0n) is 15.4. The maximum Gasteiger partial charge on any atom is 0.333 e. The second kappa shape index (κ2) is 6.83. The van der Waals surface area contributed by atoms with E-state index in [0.29, 0.717) is 29.3 Å². The van der Waals surface area contributed by atoms with Crippen LogP contribution in [-0.2, 0) is 0 Å². The number of nitrogens with two attached hydrogens (primary N) is 1. The van der Waals surface area contributed by atoms with E-state index in [1.54, 1.807) is 12.3 Å². The van der Waals surface area contributed by atoms with Crippen LogP contribution in [0, 0.1) is 0 Å². The average Bonchev–Trinajstić information content (AvgIpc) is 2.97. The minimum absolute atomic E-state index is 0.0886. The van der Waals surface area contributed by atoms with Crippen LogP contribution < -0.4 is 21.1 Å². The number of carbonyl (C=O) groups is 1. The van der Waals surface area contributed by atoms with Crippen molar-refractivity contribution in [2.45, 2.75) is 25.9 Å². The smallest absolute Gasteiger partial charge is 0.333 e. The van der Waals surface area contributed by atoms with Crippen LogP contribution in [0.25, 0.3) is 17.0 Å². The molecule has 0 saturated carbocycles. The van der Waals surface area contributed by atoms with Crippen LogP contribution in [0.1, 0.15) is 30.1 Å². The molecule has 9 nitrogen and oxygen atoms in total. The Kier molecular flexibility index (Phi) is 4.46. The fourth-order valence-electron chi connectivity index (χ4n) is 3.40. The third-order valence-corrected chi connectivity index (χ3v) is 5.03. The summed E-state index contributed by atoms with van der Waals surface area (Å²) in [6, 6.07) is 3.14. The summed E-state index contributed by atoms with van der Waals surface area (Å²) in [6.45, 7) is 2.59. The number of hydrogen-bond donors (Lipinski definition) is 2. The number of H-pyrrole nitrogens is 1. The Bertz CT molecular complexity index is 1140. The van der Waals surface area contributed by atoms with Crippen LogP contribution >= 0.6 is 11.6 Å². The largest absolute Gasteiger partial charge is 0.488 e. The number of rotatable bonds is 1. The molecule has 1 aliphatic heterocycles.